The van der Waals surface area contributed by atoms with E-state index in [0.29, 0.717) is 37.6 Å². The fraction of sp³-hybridized carbons (Fsp3) is 0.417. The number of urea groups is 1. The molecule has 194 valence electrons. The number of nitrogens with zero attached hydrogens (tertiary/aromatic N) is 4. The first-order valence-electron chi connectivity index (χ1n) is 11.7. The number of likely N-dealkylation sites (N-methyl/N-ethyl adjacent to an activating group) is 1. The number of carbonyl (C=O) groups excluding carboxylic acids is 3. The minimum absolute atomic E-state index is 0.199. The molecule has 11 nitrogen and oxygen atoms in total. The van der Waals surface area contributed by atoms with Crippen LogP contribution in [0.25, 0.3) is 0 Å². The van der Waals surface area contributed by atoms with Crippen molar-refractivity contribution in [2.75, 3.05) is 49.6 Å². The van der Waals surface area contributed by atoms with Gasteiger partial charge in [0.25, 0.3) is 0 Å². The molecule has 12 heteroatoms. The smallest absolute Gasteiger partial charge is 0.414 e. The van der Waals surface area contributed by atoms with Crippen molar-refractivity contribution in [3.8, 4) is 0 Å². The molecule has 3 N–H and O–H groups in total. The summed E-state index contributed by atoms with van der Waals surface area (Å²) in [6.45, 7) is 5.38. The van der Waals surface area contributed by atoms with Crippen molar-refractivity contribution in [2.24, 2.45) is 0 Å². The lowest BCUT2D eigenvalue weighted by atomic mass is 10.2. The number of anilines is 2. The topological polar surface area (TPSA) is 119 Å². The third-order valence-electron chi connectivity index (χ3n) is 5.60. The molecule has 1 aliphatic rings. The van der Waals surface area contributed by atoms with E-state index in [-0.39, 0.29) is 25.0 Å². The number of cyclic esters (lactones) is 1. The van der Waals surface area contributed by atoms with Gasteiger partial charge in [-0.3, -0.25) is 19.7 Å². The van der Waals surface area contributed by atoms with Crippen LogP contribution < -0.4 is 25.9 Å². The number of nitrogens with one attached hydrogen (secondary N) is 3. The van der Waals surface area contributed by atoms with Gasteiger partial charge in [0.2, 0.25) is 5.91 Å². The van der Waals surface area contributed by atoms with E-state index in [4.69, 9.17) is 4.74 Å². The SMILES string of the molecule is CCN(CCNN(C)C(=O)NCc1ccccn1)c1ccc(N2C[C@H](CNC(C)=O)OC2=O)cc1F. The normalized spacial score (nSPS) is 14.8. The Labute approximate surface area is 209 Å². The number of hydrogen-bond donors (Lipinski definition) is 3. The van der Waals surface area contributed by atoms with Crippen LogP contribution >= 0.6 is 0 Å². The maximum absolute atomic E-state index is 15.0. The molecular formula is C24H32FN7O4. The number of aromatic nitrogens is 1. The molecule has 1 fully saturated rings. The second kappa shape index (κ2) is 12.7. The number of pyridine rings is 1. The van der Waals surface area contributed by atoms with E-state index < -0.39 is 18.0 Å². The summed E-state index contributed by atoms with van der Waals surface area (Å²) in [5.41, 5.74) is 4.51. The highest BCUT2D eigenvalue weighted by Gasteiger charge is 2.32. The summed E-state index contributed by atoms with van der Waals surface area (Å²) >= 11 is 0. The van der Waals surface area contributed by atoms with Gasteiger partial charge in [-0.1, -0.05) is 6.07 Å². The van der Waals surface area contributed by atoms with E-state index in [9.17, 15) is 14.4 Å². The number of hydrogen-bond acceptors (Lipinski definition) is 7. The zero-order chi connectivity index (χ0) is 26.1. The third-order valence-corrected chi connectivity index (χ3v) is 5.60. The Kier molecular flexibility index (Phi) is 9.39. The minimum atomic E-state index is -0.585. The van der Waals surface area contributed by atoms with Crippen molar-refractivity contribution in [2.45, 2.75) is 26.5 Å². The second-order valence-electron chi connectivity index (χ2n) is 8.22. The molecule has 2 heterocycles. The van der Waals surface area contributed by atoms with Gasteiger partial charge in [-0.2, -0.15) is 0 Å². The van der Waals surface area contributed by atoms with Gasteiger partial charge in [-0.25, -0.2) is 19.4 Å². The van der Waals surface area contributed by atoms with Crippen molar-refractivity contribution >= 4 is 29.4 Å². The van der Waals surface area contributed by atoms with Gasteiger partial charge in [0.05, 0.1) is 36.7 Å². The maximum atomic E-state index is 15.0. The van der Waals surface area contributed by atoms with Crippen LogP contribution in [0.15, 0.2) is 42.6 Å². The highest BCUT2D eigenvalue weighted by Crippen LogP contribution is 2.27. The predicted octanol–water partition coefficient (Wildman–Crippen LogP) is 1.85. The molecule has 36 heavy (non-hydrogen) atoms. The molecular weight excluding hydrogens is 469 g/mol. The van der Waals surface area contributed by atoms with Gasteiger partial charge >= 0.3 is 12.1 Å². The molecule has 0 unspecified atom stereocenters. The Balaban J connectivity index is 1.50. The highest BCUT2D eigenvalue weighted by molar-refractivity contribution is 5.90. The number of rotatable bonds is 11. The molecule has 0 saturated carbocycles. The van der Waals surface area contributed by atoms with Crippen molar-refractivity contribution < 1.29 is 23.5 Å². The quantitative estimate of drug-likeness (QED) is 0.402. The van der Waals surface area contributed by atoms with Crippen LogP contribution in [0, 0.1) is 5.82 Å². The highest BCUT2D eigenvalue weighted by atomic mass is 19.1. The number of hydrazine groups is 1. The number of ether oxygens (including phenoxy) is 1. The van der Waals surface area contributed by atoms with E-state index >= 15 is 4.39 Å². The van der Waals surface area contributed by atoms with Gasteiger partial charge in [0.15, 0.2) is 0 Å². The van der Waals surface area contributed by atoms with Crippen molar-refractivity contribution in [3.05, 3.63) is 54.1 Å². The lowest BCUT2D eigenvalue weighted by Gasteiger charge is -2.26. The lowest BCUT2D eigenvalue weighted by molar-refractivity contribution is -0.119. The number of benzene rings is 1. The summed E-state index contributed by atoms with van der Waals surface area (Å²) in [7, 11) is 1.60. The molecule has 0 radical (unpaired) electrons. The van der Waals surface area contributed by atoms with Crippen LogP contribution in [0.3, 0.4) is 0 Å². The Morgan fingerprint density at radius 3 is 2.72 bits per heavy atom. The summed E-state index contributed by atoms with van der Waals surface area (Å²) in [5, 5.41) is 6.72. The van der Waals surface area contributed by atoms with Crippen LogP contribution in [-0.4, -0.2) is 73.9 Å². The monoisotopic (exact) mass is 501 g/mol. The van der Waals surface area contributed by atoms with Gasteiger partial charge in [0, 0.05) is 39.8 Å². The second-order valence-corrected chi connectivity index (χ2v) is 8.22. The van der Waals surface area contributed by atoms with Gasteiger partial charge in [-0.15, -0.1) is 0 Å². The first-order chi connectivity index (χ1) is 17.3. The number of halogens is 1. The van der Waals surface area contributed by atoms with Crippen molar-refractivity contribution in [1.82, 2.24) is 26.1 Å². The molecule has 0 aliphatic carbocycles. The minimum Gasteiger partial charge on any atom is -0.442 e. The molecule has 0 bridgehead atoms. The molecule has 4 amide bonds. The Bertz CT molecular complexity index is 1060. The molecule has 0 spiro atoms. The molecule has 3 rings (SSSR count). The van der Waals surface area contributed by atoms with Gasteiger partial charge < -0.3 is 20.3 Å². The largest absolute Gasteiger partial charge is 0.442 e. The standard InChI is InChI=1S/C24H32FN7O4/c1-4-31(12-11-29-30(3)23(34)28-14-18-7-5-6-10-26-18)22-9-8-19(13-21(22)25)32-16-20(36-24(32)35)15-27-17(2)33/h5-10,13,20,29H,4,11-12,14-16H2,1-3H3,(H,27,33)(H,28,34)/t20-/m0/s1. The molecule has 1 aromatic carbocycles. The molecule has 1 atom stereocenters. The summed E-state index contributed by atoms with van der Waals surface area (Å²) < 4.78 is 20.3. The predicted molar refractivity (Wildman–Crippen MR) is 133 cm³/mol. The van der Waals surface area contributed by atoms with E-state index in [1.54, 1.807) is 31.4 Å². The summed E-state index contributed by atoms with van der Waals surface area (Å²) in [5.74, 6) is -0.695. The maximum Gasteiger partial charge on any atom is 0.414 e. The average Bonchev–Trinajstić information content (AvgIpc) is 3.25. The van der Waals surface area contributed by atoms with E-state index in [0.717, 1.165) is 5.69 Å². The molecule has 1 aliphatic heterocycles. The van der Waals surface area contributed by atoms with Crippen LogP contribution in [0.1, 0.15) is 19.5 Å². The Morgan fingerprint density at radius 1 is 1.25 bits per heavy atom. The van der Waals surface area contributed by atoms with Crippen molar-refractivity contribution in [3.63, 3.8) is 0 Å². The summed E-state index contributed by atoms with van der Waals surface area (Å²) in [6, 6.07) is 9.74. The first kappa shape index (κ1) is 26.7. The fourth-order valence-corrected chi connectivity index (χ4v) is 3.68. The fourth-order valence-electron chi connectivity index (χ4n) is 3.68. The first-order valence-corrected chi connectivity index (χ1v) is 11.7. The van der Waals surface area contributed by atoms with Crippen molar-refractivity contribution in [1.29, 1.82) is 0 Å². The summed E-state index contributed by atoms with van der Waals surface area (Å²) in [6.07, 6.45) is 0.579. The van der Waals surface area contributed by atoms with E-state index in [2.05, 4.69) is 21.0 Å². The van der Waals surface area contributed by atoms with Gasteiger partial charge in [-0.05, 0) is 37.3 Å². The Morgan fingerprint density at radius 2 is 2.06 bits per heavy atom. The molecule has 2 aromatic rings. The zero-order valence-corrected chi connectivity index (χ0v) is 20.7. The molecule has 1 saturated heterocycles. The number of amides is 4. The third kappa shape index (κ3) is 7.28. The number of carbonyl (C=O) groups is 3. The Hall–Kier alpha value is -3.93. The van der Waals surface area contributed by atoms with Crippen LogP contribution in [-0.2, 0) is 16.1 Å². The van der Waals surface area contributed by atoms with E-state index in [1.807, 2.05) is 24.0 Å². The lowest BCUT2D eigenvalue weighted by Crippen LogP contribution is -2.48. The van der Waals surface area contributed by atoms with Crippen LogP contribution in [0.2, 0.25) is 0 Å². The summed E-state index contributed by atoms with van der Waals surface area (Å²) in [4.78, 5) is 42.9. The van der Waals surface area contributed by atoms with E-state index in [1.165, 1.54) is 22.9 Å². The van der Waals surface area contributed by atoms with Gasteiger partial charge in [0.1, 0.15) is 11.9 Å². The average molecular weight is 502 g/mol. The zero-order valence-electron chi connectivity index (χ0n) is 20.7. The molecule has 1 aromatic heterocycles. The van der Waals surface area contributed by atoms with Crippen LogP contribution in [0.5, 0.6) is 0 Å². The van der Waals surface area contributed by atoms with Crippen LogP contribution in [0.4, 0.5) is 25.4 Å².